The van der Waals surface area contributed by atoms with Crippen molar-refractivity contribution in [3.05, 3.63) is 27.1 Å². The molecule has 0 aromatic carbocycles. The maximum absolute atomic E-state index is 11.4. The molecule has 1 aromatic heterocycles. The minimum atomic E-state index is -0.900. The number of hydrogen-bond acceptors (Lipinski definition) is 4. The molecule has 0 saturated heterocycles. The number of carbonyl (C=O) groups excluding carboxylic acids is 1. The Balaban J connectivity index is 3.36. The quantitative estimate of drug-likeness (QED) is 0.635. The number of nitrogens with one attached hydrogen (secondary N) is 1. The molecule has 0 aliphatic carbocycles. The van der Waals surface area contributed by atoms with Crippen LogP contribution in [0.4, 0.5) is 0 Å². The van der Waals surface area contributed by atoms with Crippen molar-refractivity contribution in [1.29, 1.82) is 0 Å². The van der Waals surface area contributed by atoms with Gasteiger partial charge in [0.2, 0.25) is 5.43 Å². The zero-order valence-corrected chi connectivity index (χ0v) is 8.58. The number of halogens is 1. The average molecular weight is 233 g/mol. The third-order valence-electron chi connectivity index (χ3n) is 1.67. The molecule has 1 amide bonds. The molecule has 1 heterocycles. The summed E-state index contributed by atoms with van der Waals surface area (Å²) in [6, 6.07) is 0. The van der Waals surface area contributed by atoms with Gasteiger partial charge in [-0.15, -0.1) is 0 Å². The monoisotopic (exact) mass is 232 g/mol. The number of amides is 1. The Hall–Kier alpha value is -1.69. The Labute approximate surface area is 89.7 Å². The molecule has 3 N–H and O–H groups in total. The van der Waals surface area contributed by atoms with Gasteiger partial charge in [-0.05, 0) is 6.92 Å². The lowest BCUT2D eigenvalue weighted by atomic mass is 10.3. The van der Waals surface area contributed by atoms with E-state index in [-0.39, 0.29) is 0 Å². The van der Waals surface area contributed by atoms with Crippen LogP contribution < -0.4 is 10.7 Å². The van der Waals surface area contributed by atoms with Crippen LogP contribution in [0.5, 0.6) is 5.75 Å². The van der Waals surface area contributed by atoms with Gasteiger partial charge in [0.15, 0.2) is 11.4 Å². The van der Waals surface area contributed by atoms with E-state index in [1.54, 1.807) is 6.92 Å². The predicted octanol–water partition coefficient (Wildman–Crippen LogP) is 0.194. The van der Waals surface area contributed by atoms with Crippen LogP contribution in [0.2, 0.25) is 5.02 Å². The molecule has 0 aliphatic heterocycles. The summed E-state index contributed by atoms with van der Waals surface area (Å²) >= 11 is 5.52. The van der Waals surface area contributed by atoms with E-state index in [2.05, 4.69) is 5.32 Å². The zero-order valence-electron chi connectivity index (χ0n) is 7.82. The summed E-state index contributed by atoms with van der Waals surface area (Å²) in [6.07, 6.45) is 0.707. The van der Waals surface area contributed by atoms with Crippen LogP contribution in [-0.2, 0) is 0 Å². The normalized spacial score (nSPS) is 10.0. The van der Waals surface area contributed by atoms with E-state index >= 15 is 0 Å². The highest BCUT2D eigenvalue weighted by Crippen LogP contribution is 2.14. The second-order valence-electron chi connectivity index (χ2n) is 2.71. The molecule has 1 rings (SSSR count). The summed E-state index contributed by atoms with van der Waals surface area (Å²) in [5.74, 6) is -1.42. The highest BCUT2D eigenvalue weighted by atomic mass is 35.5. The Morgan fingerprint density at radius 3 is 2.80 bits per heavy atom. The lowest BCUT2D eigenvalue weighted by Crippen LogP contribution is -2.28. The van der Waals surface area contributed by atoms with Gasteiger partial charge in [-0.2, -0.15) is 4.73 Å². The van der Waals surface area contributed by atoms with Gasteiger partial charge in [0.1, 0.15) is 5.02 Å². The molecular weight excluding hydrogens is 224 g/mol. The Morgan fingerprint density at radius 2 is 2.27 bits per heavy atom. The van der Waals surface area contributed by atoms with Crippen LogP contribution in [0.25, 0.3) is 0 Å². The van der Waals surface area contributed by atoms with Gasteiger partial charge in [0, 0.05) is 6.54 Å². The SMILES string of the molecule is CCNC(=O)c1c(Cl)c(=O)c(O)cn1O. The number of hydrogen-bond donors (Lipinski definition) is 3. The van der Waals surface area contributed by atoms with Crippen molar-refractivity contribution >= 4 is 17.5 Å². The van der Waals surface area contributed by atoms with Crippen molar-refractivity contribution in [1.82, 2.24) is 10.0 Å². The van der Waals surface area contributed by atoms with E-state index in [0.717, 1.165) is 0 Å². The minimum absolute atomic E-state index is 0.310. The molecule has 0 atom stereocenters. The summed E-state index contributed by atoms with van der Waals surface area (Å²) in [7, 11) is 0. The van der Waals surface area contributed by atoms with Gasteiger partial charge in [-0.25, -0.2) is 0 Å². The second kappa shape index (κ2) is 4.22. The largest absolute Gasteiger partial charge is 0.503 e. The van der Waals surface area contributed by atoms with Crippen molar-refractivity contribution in [3.8, 4) is 5.75 Å². The van der Waals surface area contributed by atoms with Crippen molar-refractivity contribution in [3.63, 3.8) is 0 Å². The van der Waals surface area contributed by atoms with E-state index in [1.807, 2.05) is 0 Å². The zero-order chi connectivity index (χ0) is 11.6. The van der Waals surface area contributed by atoms with Gasteiger partial charge in [0.25, 0.3) is 5.91 Å². The molecule has 15 heavy (non-hydrogen) atoms. The summed E-state index contributed by atoms with van der Waals surface area (Å²) in [4.78, 5) is 22.5. The standard InChI is InChI=1S/C8H9ClN2O4/c1-2-10-8(14)6-5(9)7(13)4(12)3-11(6)15/h3,12,15H,2H2,1H3,(H,10,14). The maximum atomic E-state index is 11.4. The minimum Gasteiger partial charge on any atom is -0.503 e. The van der Waals surface area contributed by atoms with Crippen LogP contribution >= 0.6 is 11.6 Å². The highest BCUT2D eigenvalue weighted by Gasteiger charge is 2.19. The molecule has 1 aromatic rings. The molecule has 0 unspecified atom stereocenters. The second-order valence-corrected chi connectivity index (χ2v) is 3.09. The fraction of sp³-hybridized carbons (Fsp3) is 0.250. The first-order valence-corrected chi connectivity index (χ1v) is 4.48. The summed E-state index contributed by atoms with van der Waals surface area (Å²) in [6.45, 7) is 2.00. The number of aromatic hydroxyl groups is 1. The van der Waals surface area contributed by atoms with Crippen molar-refractivity contribution in [2.24, 2.45) is 0 Å². The fourth-order valence-electron chi connectivity index (χ4n) is 1.01. The van der Waals surface area contributed by atoms with Gasteiger partial charge in [-0.1, -0.05) is 11.6 Å². The molecule has 82 valence electrons. The Kier molecular flexibility index (Phi) is 3.21. The molecule has 0 bridgehead atoms. The van der Waals surface area contributed by atoms with E-state index in [1.165, 1.54) is 0 Å². The highest BCUT2D eigenvalue weighted by molar-refractivity contribution is 6.33. The van der Waals surface area contributed by atoms with Gasteiger partial charge >= 0.3 is 0 Å². The lowest BCUT2D eigenvalue weighted by Gasteiger charge is -2.08. The lowest BCUT2D eigenvalue weighted by molar-refractivity contribution is 0.0899. The van der Waals surface area contributed by atoms with Crippen LogP contribution in [0.1, 0.15) is 17.4 Å². The first-order valence-electron chi connectivity index (χ1n) is 4.10. The van der Waals surface area contributed by atoms with E-state index < -0.39 is 27.8 Å². The number of pyridine rings is 1. The van der Waals surface area contributed by atoms with E-state index in [9.17, 15) is 14.8 Å². The van der Waals surface area contributed by atoms with Crippen LogP contribution in [0, 0.1) is 0 Å². The third-order valence-corrected chi connectivity index (χ3v) is 2.02. The third kappa shape index (κ3) is 2.04. The molecule has 6 nitrogen and oxygen atoms in total. The molecular formula is C8H9ClN2O4. The number of carbonyl (C=O) groups is 1. The Morgan fingerprint density at radius 1 is 1.67 bits per heavy atom. The molecule has 0 saturated carbocycles. The van der Waals surface area contributed by atoms with E-state index in [0.29, 0.717) is 17.5 Å². The topological polar surface area (TPSA) is 91.6 Å². The first kappa shape index (κ1) is 11.4. The smallest absolute Gasteiger partial charge is 0.273 e. The average Bonchev–Trinajstić information content (AvgIpc) is 2.15. The first-order chi connectivity index (χ1) is 6.99. The summed E-state index contributed by atoms with van der Waals surface area (Å²) in [5, 5.41) is 20.1. The summed E-state index contributed by atoms with van der Waals surface area (Å²) in [5.41, 5.74) is -1.30. The van der Waals surface area contributed by atoms with Crippen LogP contribution in [-0.4, -0.2) is 27.5 Å². The molecule has 0 spiro atoms. The molecule has 0 fully saturated rings. The van der Waals surface area contributed by atoms with Crippen molar-refractivity contribution in [2.75, 3.05) is 6.54 Å². The summed E-state index contributed by atoms with van der Waals surface area (Å²) < 4.78 is 0.310. The van der Waals surface area contributed by atoms with Crippen LogP contribution in [0.15, 0.2) is 11.0 Å². The van der Waals surface area contributed by atoms with Crippen molar-refractivity contribution in [2.45, 2.75) is 6.92 Å². The molecule has 7 heteroatoms. The van der Waals surface area contributed by atoms with Crippen molar-refractivity contribution < 1.29 is 15.1 Å². The number of rotatable bonds is 2. The molecule has 0 radical (unpaired) electrons. The number of aromatic nitrogens is 1. The van der Waals surface area contributed by atoms with Crippen LogP contribution in [0.3, 0.4) is 0 Å². The van der Waals surface area contributed by atoms with Gasteiger partial charge in [0.05, 0.1) is 6.20 Å². The predicted molar refractivity (Wildman–Crippen MR) is 52.6 cm³/mol. The maximum Gasteiger partial charge on any atom is 0.273 e. The Bertz CT molecular complexity index is 455. The van der Waals surface area contributed by atoms with Gasteiger partial charge in [-0.3, -0.25) is 9.59 Å². The fourth-order valence-corrected chi connectivity index (χ4v) is 1.28. The van der Waals surface area contributed by atoms with E-state index in [4.69, 9.17) is 16.7 Å². The van der Waals surface area contributed by atoms with Gasteiger partial charge < -0.3 is 15.6 Å². The molecule has 0 aliphatic rings. The number of nitrogens with zero attached hydrogens (tertiary/aromatic N) is 1.